The van der Waals surface area contributed by atoms with Gasteiger partial charge in [-0.15, -0.1) is 11.3 Å². The van der Waals surface area contributed by atoms with E-state index in [9.17, 15) is 14.4 Å². The van der Waals surface area contributed by atoms with Crippen molar-refractivity contribution in [1.82, 2.24) is 5.32 Å². The number of esters is 1. The smallest absolute Gasteiger partial charge is 0.341 e. The van der Waals surface area contributed by atoms with Crippen LogP contribution in [0.4, 0.5) is 5.00 Å². The number of hydrogen-bond acceptors (Lipinski definition) is 6. The van der Waals surface area contributed by atoms with Crippen molar-refractivity contribution in [3.63, 3.8) is 0 Å². The number of thiophene rings is 1. The van der Waals surface area contributed by atoms with Gasteiger partial charge in [-0.2, -0.15) is 0 Å². The number of ketones is 1. The average molecular weight is 458 g/mol. The van der Waals surface area contributed by atoms with Gasteiger partial charge in [0, 0.05) is 6.42 Å². The Hall–Kier alpha value is -1.02. The number of rotatable bonds is 8. The third kappa shape index (κ3) is 6.82. The lowest BCUT2D eigenvalue weighted by Crippen LogP contribution is -2.49. The zero-order chi connectivity index (χ0) is 20.9. The lowest BCUT2D eigenvalue weighted by atomic mass is 10.1. The van der Waals surface area contributed by atoms with Crippen LogP contribution in [0.25, 0.3) is 0 Å². The van der Waals surface area contributed by atoms with Crippen LogP contribution in [0.5, 0.6) is 0 Å². The molecule has 1 atom stereocenters. The van der Waals surface area contributed by atoms with Crippen LogP contribution in [-0.2, 0) is 9.53 Å². The van der Waals surface area contributed by atoms with Crippen LogP contribution in [0.2, 0.25) is 0 Å². The number of hydrogen-bond donors (Lipinski definition) is 2. The Balaban J connectivity index is 3.27. The van der Waals surface area contributed by atoms with Crippen LogP contribution >= 0.6 is 46.1 Å². The lowest BCUT2D eigenvalue weighted by Gasteiger charge is -2.27. The Morgan fingerprint density at radius 3 is 2.26 bits per heavy atom. The van der Waals surface area contributed by atoms with Crippen LogP contribution in [0.1, 0.15) is 59.7 Å². The minimum atomic E-state index is -1.90. The minimum absolute atomic E-state index is 0.115. The predicted octanol–water partition coefficient (Wildman–Crippen LogP) is 4.71. The maximum absolute atomic E-state index is 12.4. The van der Waals surface area contributed by atoms with E-state index in [1.807, 2.05) is 13.8 Å². The summed E-state index contributed by atoms with van der Waals surface area (Å²) >= 11 is 19.1. The standard InChI is InChI=1S/C17H23Cl3N2O4S/c1-6-26-15(25)12-9(4)13(10(5)23)27-14(12)22-16(17(18,19)20)21-11(24)7-8(2)3/h8,16,22H,6-7H2,1-5H3,(H,21,24)/t16-/m1/s1. The van der Waals surface area contributed by atoms with E-state index >= 15 is 0 Å². The Kier molecular flexibility index (Phi) is 8.86. The van der Waals surface area contributed by atoms with E-state index in [1.54, 1.807) is 13.8 Å². The summed E-state index contributed by atoms with van der Waals surface area (Å²) in [7, 11) is 0. The lowest BCUT2D eigenvalue weighted by molar-refractivity contribution is -0.122. The molecular weight excluding hydrogens is 435 g/mol. The average Bonchev–Trinajstić information content (AvgIpc) is 2.81. The fourth-order valence-electron chi connectivity index (χ4n) is 2.32. The van der Waals surface area contributed by atoms with Crippen molar-refractivity contribution in [2.45, 2.75) is 51.0 Å². The Labute approximate surface area is 177 Å². The van der Waals surface area contributed by atoms with Gasteiger partial charge in [0.15, 0.2) is 5.78 Å². The molecule has 2 N–H and O–H groups in total. The molecule has 0 radical (unpaired) electrons. The molecule has 27 heavy (non-hydrogen) atoms. The van der Waals surface area contributed by atoms with Crippen LogP contribution in [0.3, 0.4) is 0 Å². The van der Waals surface area contributed by atoms with Gasteiger partial charge < -0.3 is 15.4 Å². The second-order valence-electron chi connectivity index (χ2n) is 6.32. The molecule has 0 bridgehead atoms. The van der Waals surface area contributed by atoms with Crippen molar-refractivity contribution < 1.29 is 19.1 Å². The third-order valence-electron chi connectivity index (χ3n) is 3.45. The molecule has 0 fully saturated rings. The molecule has 6 nitrogen and oxygen atoms in total. The molecule has 0 aliphatic carbocycles. The molecule has 0 saturated carbocycles. The first-order chi connectivity index (χ1) is 12.4. The van der Waals surface area contributed by atoms with Crippen LogP contribution in [0, 0.1) is 12.8 Å². The first-order valence-electron chi connectivity index (χ1n) is 8.32. The SMILES string of the molecule is CCOC(=O)c1c(N[C@@H](NC(=O)CC(C)C)C(Cl)(Cl)Cl)sc(C(C)=O)c1C. The molecule has 1 rings (SSSR count). The molecule has 0 aliphatic heterocycles. The zero-order valence-electron chi connectivity index (χ0n) is 15.7. The van der Waals surface area contributed by atoms with Crippen molar-refractivity contribution >= 4 is 68.8 Å². The molecule has 1 aromatic rings. The summed E-state index contributed by atoms with van der Waals surface area (Å²) < 4.78 is 3.18. The molecule has 1 amide bonds. The number of anilines is 1. The second-order valence-corrected chi connectivity index (χ2v) is 9.71. The predicted molar refractivity (Wildman–Crippen MR) is 110 cm³/mol. The van der Waals surface area contributed by atoms with Crippen molar-refractivity contribution in [3.05, 3.63) is 16.0 Å². The molecule has 1 aromatic heterocycles. The zero-order valence-corrected chi connectivity index (χ0v) is 18.8. The maximum atomic E-state index is 12.4. The monoisotopic (exact) mass is 456 g/mol. The number of carbonyl (C=O) groups excluding carboxylic acids is 3. The summed E-state index contributed by atoms with van der Waals surface area (Å²) in [6.07, 6.45) is -0.869. The molecule has 152 valence electrons. The van der Waals surface area contributed by atoms with Crippen molar-refractivity contribution in [1.29, 1.82) is 0 Å². The molecule has 1 heterocycles. The molecule has 0 spiro atoms. The highest BCUT2D eigenvalue weighted by Crippen LogP contribution is 2.38. The number of amides is 1. The number of Topliss-reactive ketones (excluding diaryl/α,β-unsaturated/α-hetero) is 1. The molecular formula is C17H23Cl3N2O4S. The Morgan fingerprint density at radius 2 is 1.81 bits per heavy atom. The largest absolute Gasteiger partial charge is 0.462 e. The van der Waals surface area contributed by atoms with Gasteiger partial charge in [-0.1, -0.05) is 48.7 Å². The van der Waals surface area contributed by atoms with Gasteiger partial charge in [-0.05, 0) is 32.3 Å². The van der Waals surface area contributed by atoms with Crippen molar-refractivity contribution in [3.8, 4) is 0 Å². The Morgan fingerprint density at radius 1 is 1.22 bits per heavy atom. The number of carbonyl (C=O) groups is 3. The number of ether oxygens (including phenoxy) is 1. The van der Waals surface area contributed by atoms with Gasteiger partial charge in [0.2, 0.25) is 9.70 Å². The fourth-order valence-corrected chi connectivity index (χ4v) is 3.77. The van der Waals surface area contributed by atoms with Gasteiger partial charge in [-0.25, -0.2) is 4.79 Å². The molecule has 0 saturated heterocycles. The van der Waals surface area contributed by atoms with E-state index in [1.165, 1.54) is 6.92 Å². The maximum Gasteiger partial charge on any atom is 0.341 e. The van der Waals surface area contributed by atoms with Crippen LogP contribution in [-0.4, -0.2) is 34.2 Å². The van der Waals surface area contributed by atoms with Crippen LogP contribution in [0.15, 0.2) is 0 Å². The minimum Gasteiger partial charge on any atom is -0.462 e. The first-order valence-corrected chi connectivity index (χ1v) is 10.3. The topological polar surface area (TPSA) is 84.5 Å². The quantitative estimate of drug-likeness (QED) is 0.256. The number of alkyl halides is 3. The van der Waals surface area contributed by atoms with E-state index in [2.05, 4.69) is 10.6 Å². The van der Waals surface area contributed by atoms with E-state index in [0.29, 0.717) is 10.4 Å². The highest BCUT2D eigenvalue weighted by Gasteiger charge is 2.36. The van der Waals surface area contributed by atoms with Gasteiger partial charge in [0.1, 0.15) is 11.2 Å². The fraction of sp³-hybridized carbons (Fsp3) is 0.588. The van der Waals surface area contributed by atoms with E-state index in [-0.39, 0.29) is 41.2 Å². The summed E-state index contributed by atoms with van der Waals surface area (Å²) in [5.41, 5.74) is 0.662. The third-order valence-corrected chi connectivity index (χ3v) is 5.43. The van der Waals surface area contributed by atoms with E-state index < -0.39 is 15.9 Å². The summed E-state index contributed by atoms with van der Waals surface area (Å²) in [5, 5.41) is 5.79. The highest BCUT2D eigenvalue weighted by molar-refractivity contribution is 7.18. The summed E-state index contributed by atoms with van der Waals surface area (Å²) in [5.74, 6) is -1.00. The molecule has 0 unspecified atom stereocenters. The number of halogens is 3. The molecule has 10 heteroatoms. The van der Waals surface area contributed by atoms with Gasteiger partial charge in [0.25, 0.3) is 0 Å². The van der Waals surface area contributed by atoms with E-state index in [4.69, 9.17) is 39.5 Å². The van der Waals surface area contributed by atoms with Crippen LogP contribution < -0.4 is 10.6 Å². The van der Waals surface area contributed by atoms with Crippen molar-refractivity contribution in [2.75, 3.05) is 11.9 Å². The number of nitrogens with one attached hydrogen (secondary N) is 2. The second kappa shape index (κ2) is 9.96. The normalized spacial score (nSPS) is 12.6. The summed E-state index contributed by atoms with van der Waals surface area (Å²) in [6.45, 7) is 8.66. The highest BCUT2D eigenvalue weighted by atomic mass is 35.6. The Bertz CT molecular complexity index is 714. The van der Waals surface area contributed by atoms with Crippen molar-refractivity contribution in [2.24, 2.45) is 5.92 Å². The van der Waals surface area contributed by atoms with Gasteiger partial charge >= 0.3 is 5.97 Å². The summed E-state index contributed by atoms with van der Waals surface area (Å²) in [6, 6.07) is 0. The first kappa shape index (κ1) is 24.0. The summed E-state index contributed by atoms with van der Waals surface area (Å²) in [4.78, 5) is 36.8. The molecule has 0 aliphatic rings. The molecule has 0 aromatic carbocycles. The van der Waals surface area contributed by atoms with Gasteiger partial charge in [-0.3, -0.25) is 9.59 Å². The van der Waals surface area contributed by atoms with Gasteiger partial charge in [0.05, 0.1) is 17.0 Å². The van der Waals surface area contributed by atoms with E-state index in [0.717, 1.165) is 11.3 Å².